The van der Waals surface area contributed by atoms with Crippen molar-refractivity contribution in [3.05, 3.63) is 50.9 Å². The lowest BCUT2D eigenvalue weighted by Crippen LogP contribution is -1.99. The summed E-state index contributed by atoms with van der Waals surface area (Å²) in [7, 11) is 0. The molecule has 0 atom stereocenters. The van der Waals surface area contributed by atoms with E-state index in [1.807, 2.05) is 13.0 Å². The van der Waals surface area contributed by atoms with E-state index >= 15 is 0 Å². The Bertz CT molecular complexity index is 633. The molecular formula is C12H9NO4S. The van der Waals surface area contributed by atoms with Crippen molar-refractivity contribution in [3.63, 3.8) is 0 Å². The Morgan fingerprint density at radius 2 is 2.06 bits per heavy atom. The molecule has 1 aromatic heterocycles. The summed E-state index contributed by atoms with van der Waals surface area (Å²) >= 11 is 1.43. The molecule has 0 amide bonds. The molecule has 5 nitrogen and oxygen atoms in total. The second kappa shape index (κ2) is 4.58. The van der Waals surface area contributed by atoms with Crippen LogP contribution >= 0.6 is 11.3 Å². The first-order chi connectivity index (χ1) is 8.49. The Balaban J connectivity index is 2.60. The highest BCUT2D eigenvalue weighted by Crippen LogP contribution is 2.35. The third kappa shape index (κ3) is 2.23. The van der Waals surface area contributed by atoms with Crippen molar-refractivity contribution >= 4 is 23.0 Å². The molecular weight excluding hydrogens is 254 g/mol. The molecule has 1 aromatic carbocycles. The zero-order valence-electron chi connectivity index (χ0n) is 9.41. The zero-order valence-corrected chi connectivity index (χ0v) is 10.2. The molecule has 0 aliphatic rings. The predicted octanol–water partition coefficient (Wildman–Crippen LogP) is 3.33. The van der Waals surface area contributed by atoms with Crippen molar-refractivity contribution in [1.29, 1.82) is 0 Å². The van der Waals surface area contributed by atoms with Gasteiger partial charge in [0.25, 0.3) is 5.69 Å². The highest BCUT2D eigenvalue weighted by Gasteiger charge is 2.19. The molecule has 0 aliphatic carbocycles. The van der Waals surface area contributed by atoms with E-state index in [-0.39, 0.29) is 11.3 Å². The highest BCUT2D eigenvalue weighted by molar-refractivity contribution is 7.15. The number of aryl methyl sites for hydroxylation is 1. The number of hydrogen-bond donors (Lipinski definition) is 1. The van der Waals surface area contributed by atoms with E-state index in [4.69, 9.17) is 5.11 Å². The second-order valence-corrected chi connectivity index (χ2v) is 4.99. The summed E-state index contributed by atoms with van der Waals surface area (Å²) in [5, 5.41) is 19.8. The number of carbonyl (C=O) groups is 1. The van der Waals surface area contributed by atoms with Crippen LogP contribution in [0.3, 0.4) is 0 Å². The van der Waals surface area contributed by atoms with Gasteiger partial charge in [-0.2, -0.15) is 0 Å². The number of nitro groups is 1. The fraction of sp³-hybridized carbons (Fsp3) is 0.0833. The number of benzene rings is 1. The lowest BCUT2D eigenvalue weighted by molar-refractivity contribution is -0.384. The Labute approximate surface area is 106 Å². The number of aromatic carboxylic acids is 1. The van der Waals surface area contributed by atoms with E-state index in [9.17, 15) is 14.9 Å². The number of nitro benzene ring substituents is 1. The maximum absolute atomic E-state index is 11.0. The molecule has 1 heterocycles. The minimum atomic E-state index is -1.17. The fourth-order valence-corrected chi connectivity index (χ4v) is 2.50. The van der Waals surface area contributed by atoms with Gasteiger partial charge in [-0.3, -0.25) is 10.1 Å². The van der Waals surface area contributed by atoms with Gasteiger partial charge in [-0.25, -0.2) is 4.79 Å². The van der Waals surface area contributed by atoms with Crippen LogP contribution in [-0.2, 0) is 0 Å². The number of carboxylic acid groups (broad SMARTS) is 1. The standard InChI is InChI=1S/C12H9NO4S/c1-7-2-5-11(18-7)9-4-3-8(12(14)15)6-10(9)13(16)17/h2-6H,1H3,(H,14,15). The van der Waals surface area contributed by atoms with E-state index in [0.29, 0.717) is 5.56 Å². The van der Waals surface area contributed by atoms with Gasteiger partial charge in [-0.1, -0.05) is 0 Å². The van der Waals surface area contributed by atoms with Crippen LogP contribution in [0.25, 0.3) is 10.4 Å². The number of thiophene rings is 1. The van der Waals surface area contributed by atoms with Crippen LogP contribution in [0.15, 0.2) is 30.3 Å². The third-order valence-electron chi connectivity index (χ3n) is 2.45. The van der Waals surface area contributed by atoms with Crippen LogP contribution < -0.4 is 0 Å². The van der Waals surface area contributed by atoms with E-state index in [2.05, 4.69) is 0 Å². The van der Waals surface area contributed by atoms with Crippen LogP contribution in [0, 0.1) is 17.0 Å². The summed E-state index contributed by atoms with van der Waals surface area (Å²) in [6, 6.07) is 7.61. The van der Waals surface area contributed by atoms with E-state index in [1.54, 1.807) is 6.07 Å². The van der Waals surface area contributed by atoms with Crippen LogP contribution in [-0.4, -0.2) is 16.0 Å². The van der Waals surface area contributed by atoms with Gasteiger partial charge in [0.1, 0.15) is 0 Å². The summed E-state index contributed by atoms with van der Waals surface area (Å²) < 4.78 is 0. The van der Waals surface area contributed by atoms with Crippen LogP contribution in [0.4, 0.5) is 5.69 Å². The van der Waals surface area contributed by atoms with Crippen LogP contribution in [0.2, 0.25) is 0 Å². The van der Waals surface area contributed by atoms with Crippen molar-refractivity contribution in [2.45, 2.75) is 6.92 Å². The molecule has 0 aliphatic heterocycles. The van der Waals surface area contributed by atoms with Crippen LogP contribution in [0.1, 0.15) is 15.2 Å². The van der Waals surface area contributed by atoms with Gasteiger partial charge < -0.3 is 5.11 Å². The van der Waals surface area contributed by atoms with Crippen molar-refractivity contribution in [2.75, 3.05) is 0 Å². The van der Waals surface area contributed by atoms with Crippen molar-refractivity contribution < 1.29 is 14.8 Å². The van der Waals surface area contributed by atoms with Gasteiger partial charge in [0.05, 0.1) is 16.1 Å². The molecule has 0 unspecified atom stereocenters. The lowest BCUT2D eigenvalue weighted by atomic mass is 10.1. The normalized spacial score (nSPS) is 10.3. The number of rotatable bonds is 3. The quantitative estimate of drug-likeness (QED) is 0.680. The molecule has 0 fully saturated rings. The molecule has 2 aromatic rings. The predicted molar refractivity (Wildman–Crippen MR) is 68.1 cm³/mol. The molecule has 0 spiro atoms. The number of carboxylic acids is 1. The second-order valence-electron chi connectivity index (χ2n) is 3.70. The number of hydrogen-bond acceptors (Lipinski definition) is 4. The van der Waals surface area contributed by atoms with Crippen molar-refractivity contribution in [3.8, 4) is 10.4 Å². The van der Waals surface area contributed by atoms with Gasteiger partial charge in [-0.05, 0) is 31.2 Å². The summed E-state index contributed by atoms with van der Waals surface area (Å²) in [4.78, 5) is 23.0. The molecule has 0 bridgehead atoms. The Hall–Kier alpha value is -2.21. The zero-order chi connectivity index (χ0) is 13.3. The summed E-state index contributed by atoms with van der Waals surface area (Å²) in [6.07, 6.45) is 0. The van der Waals surface area contributed by atoms with Crippen molar-refractivity contribution in [1.82, 2.24) is 0 Å². The van der Waals surface area contributed by atoms with E-state index < -0.39 is 10.9 Å². The smallest absolute Gasteiger partial charge is 0.335 e. The van der Waals surface area contributed by atoms with Gasteiger partial charge in [0.15, 0.2) is 0 Å². The first kappa shape index (κ1) is 12.3. The molecule has 6 heteroatoms. The molecule has 0 saturated carbocycles. The molecule has 0 radical (unpaired) electrons. The van der Waals surface area contributed by atoms with Gasteiger partial charge in [0.2, 0.25) is 0 Å². The summed E-state index contributed by atoms with van der Waals surface area (Å²) in [6.45, 7) is 1.91. The fourth-order valence-electron chi connectivity index (χ4n) is 1.60. The van der Waals surface area contributed by atoms with Gasteiger partial charge in [0, 0.05) is 15.8 Å². The molecule has 92 valence electrons. The van der Waals surface area contributed by atoms with Gasteiger partial charge in [-0.15, -0.1) is 11.3 Å². The van der Waals surface area contributed by atoms with E-state index in [1.165, 1.54) is 23.5 Å². The first-order valence-corrected chi connectivity index (χ1v) is 5.89. The van der Waals surface area contributed by atoms with E-state index in [0.717, 1.165) is 15.8 Å². The Morgan fingerprint density at radius 1 is 1.33 bits per heavy atom. The average Bonchev–Trinajstić information content (AvgIpc) is 2.74. The molecule has 1 N–H and O–H groups in total. The molecule has 18 heavy (non-hydrogen) atoms. The Morgan fingerprint density at radius 3 is 2.56 bits per heavy atom. The highest BCUT2D eigenvalue weighted by atomic mass is 32.1. The van der Waals surface area contributed by atoms with Crippen molar-refractivity contribution in [2.24, 2.45) is 0 Å². The lowest BCUT2D eigenvalue weighted by Gasteiger charge is -2.01. The molecule has 0 saturated heterocycles. The average molecular weight is 263 g/mol. The largest absolute Gasteiger partial charge is 0.478 e. The summed E-state index contributed by atoms with van der Waals surface area (Å²) in [5.41, 5.74) is 0.179. The maximum atomic E-state index is 11.0. The molecule has 2 rings (SSSR count). The number of nitrogens with zero attached hydrogens (tertiary/aromatic N) is 1. The minimum Gasteiger partial charge on any atom is -0.478 e. The summed E-state index contributed by atoms with van der Waals surface area (Å²) in [5.74, 6) is -1.17. The topological polar surface area (TPSA) is 80.4 Å². The van der Waals surface area contributed by atoms with Crippen LogP contribution in [0.5, 0.6) is 0 Å². The maximum Gasteiger partial charge on any atom is 0.335 e. The Kier molecular flexibility index (Phi) is 3.12. The first-order valence-electron chi connectivity index (χ1n) is 5.07. The van der Waals surface area contributed by atoms with Gasteiger partial charge >= 0.3 is 5.97 Å². The SMILES string of the molecule is Cc1ccc(-c2ccc(C(=O)O)cc2[N+](=O)[O-])s1. The minimum absolute atomic E-state index is 0.0845. The third-order valence-corrected chi connectivity index (χ3v) is 3.48. The monoisotopic (exact) mass is 263 g/mol.